The summed E-state index contributed by atoms with van der Waals surface area (Å²) in [4.78, 5) is 12.7. The third-order valence-corrected chi connectivity index (χ3v) is 3.69. The van der Waals surface area contributed by atoms with Gasteiger partial charge in [-0.3, -0.25) is 14.5 Å². The molecule has 2 aromatic rings. The molecule has 0 fully saturated rings. The minimum absolute atomic E-state index is 0.0234. The van der Waals surface area contributed by atoms with Gasteiger partial charge in [-0.05, 0) is 37.5 Å². The number of H-pyrrole nitrogens is 1. The average Bonchev–Trinajstić information content (AvgIpc) is 2.94. The molecule has 2 heterocycles. The number of nitrogens with zero attached hydrogens (tertiary/aromatic N) is 2. The van der Waals surface area contributed by atoms with E-state index in [4.69, 9.17) is 12.2 Å². The smallest absolute Gasteiger partial charge is 0.221 e. The first-order valence-electron chi connectivity index (χ1n) is 6.06. The van der Waals surface area contributed by atoms with E-state index in [0.29, 0.717) is 17.7 Å². The highest BCUT2D eigenvalue weighted by Crippen LogP contribution is 2.22. The molecule has 0 saturated heterocycles. The summed E-state index contributed by atoms with van der Waals surface area (Å²) < 4.78 is 2.40. The fraction of sp³-hybridized carbons (Fsp3) is 0.417. The Kier molecular flexibility index (Phi) is 4.49. The Morgan fingerprint density at radius 3 is 3.05 bits per heavy atom. The van der Waals surface area contributed by atoms with Crippen LogP contribution in [0.15, 0.2) is 17.5 Å². The molecule has 1 amide bonds. The lowest BCUT2D eigenvalue weighted by atomic mass is 10.3. The highest BCUT2D eigenvalue weighted by molar-refractivity contribution is 7.71. The van der Waals surface area contributed by atoms with E-state index >= 15 is 0 Å². The third-order valence-electron chi connectivity index (χ3n) is 2.51. The van der Waals surface area contributed by atoms with E-state index in [1.54, 1.807) is 11.3 Å². The Morgan fingerprint density at radius 1 is 1.63 bits per heavy atom. The van der Waals surface area contributed by atoms with Gasteiger partial charge in [0.05, 0.1) is 4.88 Å². The maximum absolute atomic E-state index is 11.7. The number of thiophene rings is 1. The van der Waals surface area contributed by atoms with Crippen molar-refractivity contribution in [3.05, 3.63) is 22.3 Å². The van der Waals surface area contributed by atoms with Crippen LogP contribution in [-0.4, -0.2) is 26.7 Å². The number of hydrogen-bond donors (Lipinski definition) is 2. The highest BCUT2D eigenvalue weighted by atomic mass is 32.1. The molecule has 0 aliphatic heterocycles. The standard InChI is InChI=1S/C12H16N4OS2/c1-8(2)13-10(17)5-6-16-11(14-15-12(16)18)9-4-3-7-19-9/h3-4,7-8H,5-6H2,1-2H3,(H,13,17)(H,15,18). The summed E-state index contributed by atoms with van der Waals surface area (Å²) in [6.07, 6.45) is 0.393. The van der Waals surface area contributed by atoms with E-state index in [1.165, 1.54) is 0 Å². The van der Waals surface area contributed by atoms with Gasteiger partial charge in [-0.1, -0.05) is 6.07 Å². The van der Waals surface area contributed by atoms with Crippen molar-refractivity contribution in [1.29, 1.82) is 0 Å². The second-order valence-electron chi connectivity index (χ2n) is 4.45. The lowest BCUT2D eigenvalue weighted by Gasteiger charge is -2.09. The van der Waals surface area contributed by atoms with Gasteiger partial charge in [0.2, 0.25) is 5.91 Å². The van der Waals surface area contributed by atoms with Crippen molar-refractivity contribution in [2.45, 2.75) is 32.9 Å². The number of rotatable bonds is 5. The van der Waals surface area contributed by atoms with Crippen molar-refractivity contribution >= 4 is 29.5 Å². The van der Waals surface area contributed by atoms with Crippen molar-refractivity contribution in [2.75, 3.05) is 0 Å². The summed E-state index contributed by atoms with van der Waals surface area (Å²) in [6.45, 7) is 4.41. The fourth-order valence-corrected chi connectivity index (χ4v) is 2.67. The van der Waals surface area contributed by atoms with Crippen LogP contribution in [0.2, 0.25) is 0 Å². The number of aromatic amines is 1. The number of carbonyl (C=O) groups excluding carboxylic acids is 1. The van der Waals surface area contributed by atoms with Crippen molar-refractivity contribution in [2.24, 2.45) is 0 Å². The average molecular weight is 296 g/mol. The molecular formula is C12H16N4OS2. The Hall–Kier alpha value is -1.47. The molecule has 2 rings (SSSR count). The van der Waals surface area contributed by atoms with E-state index in [0.717, 1.165) is 10.7 Å². The number of carbonyl (C=O) groups is 1. The van der Waals surface area contributed by atoms with Crippen LogP contribution in [0, 0.1) is 4.77 Å². The van der Waals surface area contributed by atoms with Crippen LogP contribution in [0.1, 0.15) is 20.3 Å². The molecule has 19 heavy (non-hydrogen) atoms. The Labute approximate surface area is 120 Å². The van der Waals surface area contributed by atoms with Gasteiger partial charge in [0.1, 0.15) is 0 Å². The van der Waals surface area contributed by atoms with E-state index in [9.17, 15) is 4.79 Å². The van der Waals surface area contributed by atoms with Gasteiger partial charge in [0.25, 0.3) is 0 Å². The Morgan fingerprint density at radius 2 is 2.42 bits per heavy atom. The molecule has 5 nitrogen and oxygen atoms in total. The summed E-state index contributed by atoms with van der Waals surface area (Å²) in [5, 5.41) is 11.9. The van der Waals surface area contributed by atoms with Gasteiger partial charge in [0.15, 0.2) is 10.6 Å². The molecule has 2 aromatic heterocycles. The lowest BCUT2D eigenvalue weighted by Crippen LogP contribution is -2.30. The minimum atomic E-state index is 0.0234. The number of amides is 1. The molecular weight excluding hydrogens is 280 g/mol. The predicted molar refractivity (Wildman–Crippen MR) is 78.6 cm³/mol. The first-order valence-corrected chi connectivity index (χ1v) is 7.35. The van der Waals surface area contributed by atoms with Gasteiger partial charge in [-0.25, -0.2) is 0 Å². The largest absolute Gasteiger partial charge is 0.354 e. The molecule has 102 valence electrons. The van der Waals surface area contributed by atoms with Crippen LogP contribution in [0.4, 0.5) is 0 Å². The molecule has 0 spiro atoms. The van der Waals surface area contributed by atoms with Crippen molar-refractivity contribution in [3.63, 3.8) is 0 Å². The maximum Gasteiger partial charge on any atom is 0.221 e. The zero-order chi connectivity index (χ0) is 13.8. The van der Waals surface area contributed by atoms with Crippen molar-refractivity contribution in [1.82, 2.24) is 20.1 Å². The van der Waals surface area contributed by atoms with E-state index in [1.807, 2.05) is 35.9 Å². The zero-order valence-electron chi connectivity index (χ0n) is 10.8. The molecule has 7 heteroatoms. The summed E-state index contributed by atoms with van der Waals surface area (Å²) in [5.41, 5.74) is 0. The van der Waals surface area contributed by atoms with Gasteiger partial charge in [0, 0.05) is 19.0 Å². The monoisotopic (exact) mass is 296 g/mol. The molecule has 2 N–H and O–H groups in total. The van der Waals surface area contributed by atoms with Crippen LogP contribution in [-0.2, 0) is 11.3 Å². The van der Waals surface area contributed by atoms with Crippen LogP contribution < -0.4 is 5.32 Å². The van der Waals surface area contributed by atoms with E-state index in [-0.39, 0.29) is 11.9 Å². The molecule has 0 saturated carbocycles. The molecule has 0 radical (unpaired) electrons. The zero-order valence-corrected chi connectivity index (χ0v) is 12.5. The molecule has 0 bridgehead atoms. The molecule has 0 aliphatic rings. The lowest BCUT2D eigenvalue weighted by molar-refractivity contribution is -0.121. The second kappa shape index (κ2) is 6.12. The van der Waals surface area contributed by atoms with Crippen molar-refractivity contribution in [3.8, 4) is 10.7 Å². The van der Waals surface area contributed by atoms with Crippen LogP contribution >= 0.6 is 23.6 Å². The van der Waals surface area contributed by atoms with Gasteiger partial charge in [-0.2, -0.15) is 5.10 Å². The Balaban J connectivity index is 2.11. The minimum Gasteiger partial charge on any atom is -0.354 e. The molecule has 0 unspecified atom stereocenters. The summed E-state index contributed by atoms with van der Waals surface area (Å²) in [7, 11) is 0. The van der Waals surface area contributed by atoms with E-state index in [2.05, 4.69) is 15.5 Å². The molecule has 0 aromatic carbocycles. The van der Waals surface area contributed by atoms with Crippen LogP contribution in [0.25, 0.3) is 10.7 Å². The predicted octanol–water partition coefficient (Wildman–Crippen LogP) is 2.58. The number of nitrogens with one attached hydrogen (secondary N) is 2. The van der Waals surface area contributed by atoms with Gasteiger partial charge < -0.3 is 5.32 Å². The topological polar surface area (TPSA) is 62.7 Å². The first kappa shape index (κ1) is 14.0. The molecule has 0 aliphatic carbocycles. The summed E-state index contributed by atoms with van der Waals surface area (Å²) >= 11 is 6.80. The van der Waals surface area contributed by atoms with E-state index < -0.39 is 0 Å². The van der Waals surface area contributed by atoms with Crippen molar-refractivity contribution < 1.29 is 4.79 Å². The van der Waals surface area contributed by atoms with Crippen LogP contribution in [0.5, 0.6) is 0 Å². The van der Waals surface area contributed by atoms with Gasteiger partial charge in [-0.15, -0.1) is 11.3 Å². The SMILES string of the molecule is CC(C)NC(=O)CCn1c(-c2cccs2)n[nH]c1=S. The summed E-state index contributed by atoms with van der Waals surface area (Å²) in [6, 6.07) is 4.11. The second-order valence-corrected chi connectivity index (χ2v) is 5.79. The maximum atomic E-state index is 11.7. The Bertz CT molecular complexity index is 598. The number of hydrogen-bond acceptors (Lipinski definition) is 4. The summed E-state index contributed by atoms with van der Waals surface area (Å²) in [5.74, 6) is 0.813. The normalized spacial score (nSPS) is 10.9. The van der Waals surface area contributed by atoms with Gasteiger partial charge >= 0.3 is 0 Å². The quantitative estimate of drug-likeness (QED) is 0.834. The third kappa shape index (κ3) is 3.51. The highest BCUT2D eigenvalue weighted by Gasteiger charge is 2.11. The molecule has 0 atom stereocenters. The van der Waals surface area contributed by atoms with Crippen LogP contribution in [0.3, 0.4) is 0 Å². The first-order chi connectivity index (χ1) is 9.08. The fourth-order valence-electron chi connectivity index (χ4n) is 1.73. The number of aromatic nitrogens is 3.